The van der Waals surface area contributed by atoms with Crippen molar-refractivity contribution in [2.24, 2.45) is 21.5 Å². The molecule has 25 atom stereocenters. The number of aliphatic hydroxyl groups is 13. The van der Waals surface area contributed by atoms with Gasteiger partial charge in [0.25, 0.3) is 0 Å². The van der Waals surface area contributed by atoms with Crippen LogP contribution in [0.5, 0.6) is 5.75 Å². The molecule has 100 heavy (non-hydrogen) atoms. The summed E-state index contributed by atoms with van der Waals surface area (Å²) in [7, 11) is 0. The Bertz CT molecular complexity index is 3350. The minimum absolute atomic E-state index is 0.0647. The molecular formula is C63H86N12O25. The SMILES string of the molecule is CC(c1ccccc1)C1NC(=O)CNC(=O)C(CO)NC(=O)C(C(O)C2CN=C(N)N2C2OC(CO)C(O)C(O)C2O)NC(=O)C(C(O)C2CN=C(N)N2)NC(=O)C(Cc2ccc(OC3OC(CO)C(OC4OC(COC/C=C/c5ccccc5)C(O)C(O)C4O)C(O)C3O)cc2)NC1=O. The molecule has 0 saturated carbocycles. The molecule has 4 saturated heterocycles. The molecule has 6 amide bonds. The highest BCUT2D eigenvalue weighted by atomic mass is 16.7. The van der Waals surface area contributed by atoms with Gasteiger partial charge >= 0.3 is 0 Å². The van der Waals surface area contributed by atoms with Gasteiger partial charge in [-0.25, -0.2) is 0 Å². The zero-order chi connectivity index (χ0) is 72.2. The number of aliphatic imine (C=N–C) groups is 2. The third-order valence-corrected chi connectivity index (χ3v) is 17.9. The number of carbonyl (C=O) groups excluding carboxylic acids is 6. The average Bonchev–Trinajstić information content (AvgIpc) is 1.45. The smallest absolute Gasteiger partial charge is 0.246 e. The Balaban J connectivity index is 0.973. The molecule has 0 bridgehead atoms. The fourth-order valence-electron chi connectivity index (χ4n) is 12.2. The Labute approximate surface area is 570 Å². The second-order valence-corrected chi connectivity index (χ2v) is 24.7. The first-order valence-electron chi connectivity index (χ1n) is 32.1. The molecule has 548 valence electrons. The van der Waals surface area contributed by atoms with E-state index in [4.69, 9.17) is 39.9 Å². The lowest BCUT2D eigenvalue weighted by Gasteiger charge is -2.46. The quantitative estimate of drug-likeness (QED) is 0.0440. The minimum Gasteiger partial charge on any atom is -0.462 e. The van der Waals surface area contributed by atoms with Crippen molar-refractivity contribution in [2.75, 3.05) is 52.7 Å². The van der Waals surface area contributed by atoms with Gasteiger partial charge in [0.1, 0.15) is 121 Å². The van der Waals surface area contributed by atoms with Gasteiger partial charge in [0, 0.05) is 12.3 Å². The lowest BCUT2D eigenvalue weighted by atomic mass is 9.92. The molecule has 9 rings (SSSR count). The average molecular weight is 1410 g/mol. The minimum atomic E-state index is -2.35. The van der Waals surface area contributed by atoms with E-state index in [2.05, 4.69) is 47.2 Å². The molecule has 6 aliphatic heterocycles. The van der Waals surface area contributed by atoms with Crippen molar-refractivity contribution in [3.8, 4) is 5.75 Å². The van der Waals surface area contributed by atoms with Crippen LogP contribution in [0.3, 0.4) is 0 Å². The highest BCUT2D eigenvalue weighted by molar-refractivity contribution is 5.98. The molecular weight excluding hydrogens is 1320 g/mol. The molecule has 3 aromatic rings. The van der Waals surface area contributed by atoms with E-state index in [1.54, 1.807) is 49.4 Å². The van der Waals surface area contributed by atoms with Crippen LogP contribution >= 0.6 is 0 Å². The Hall–Kier alpha value is -8.16. The molecule has 24 N–H and O–H groups in total. The number of ether oxygens (including phenoxy) is 6. The van der Waals surface area contributed by atoms with Crippen molar-refractivity contribution in [3.63, 3.8) is 0 Å². The number of guanidine groups is 2. The number of amides is 6. The van der Waals surface area contributed by atoms with Crippen LogP contribution in [-0.2, 0) is 58.9 Å². The van der Waals surface area contributed by atoms with Gasteiger partial charge in [-0.15, -0.1) is 0 Å². The molecule has 0 spiro atoms. The number of nitrogens with one attached hydrogen (secondary N) is 7. The van der Waals surface area contributed by atoms with Crippen LogP contribution in [0.15, 0.2) is 101 Å². The molecule has 6 aliphatic rings. The van der Waals surface area contributed by atoms with Crippen LogP contribution in [0.1, 0.15) is 29.5 Å². The van der Waals surface area contributed by atoms with E-state index < -0.39 is 233 Å². The van der Waals surface area contributed by atoms with E-state index in [9.17, 15) is 85.6 Å². The van der Waals surface area contributed by atoms with E-state index >= 15 is 9.59 Å². The molecule has 0 radical (unpaired) electrons. The van der Waals surface area contributed by atoms with Crippen LogP contribution < -0.4 is 53.4 Å². The largest absolute Gasteiger partial charge is 0.462 e. The maximum atomic E-state index is 15.2. The Kier molecular flexibility index (Phi) is 26.2. The second-order valence-electron chi connectivity index (χ2n) is 24.7. The van der Waals surface area contributed by atoms with Gasteiger partial charge in [-0.3, -0.25) is 38.8 Å². The summed E-state index contributed by atoms with van der Waals surface area (Å²) in [5.74, 6) is -8.98. The summed E-state index contributed by atoms with van der Waals surface area (Å²) in [6.07, 6.45) is -27.8. The van der Waals surface area contributed by atoms with Crippen LogP contribution in [0.2, 0.25) is 0 Å². The summed E-state index contributed by atoms with van der Waals surface area (Å²) in [5.41, 5.74) is 13.8. The number of hydrogen-bond acceptors (Lipinski definition) is 31. The Morgan fingerprint density at radius 1 is 0.590 bits per heavy atom. The third kappa shape index (κ3) is 17.9. The molecule has 0 aromatic heterocycles. The molecule has 6 heterocycles. The summed E-state index contributed by atoms with van der Waals surface area (Å²) in [5, 5.41) is 160. The highest BCUT2D eigenvalue weighted by Gasteiger charge is 2.54. The predicted octanol–water partition coefficient (Wildman–Crippen LogP) is -10.9. The fourth-order valence-corrected chi connectivity index (χ4v) is 12.2. The molecule has 3 aromatic carbocycles. The van der Waals surface area contributed by atoms with Crippen molar-refractivity contribution in [2.45, 2.75) is 166 Å². The van der Waals surface area contributed by atoms with Gasteiger partial charge in [-0.05, 0) is 28.8 Å². The van der Waals surface area contributed by atoms with E-state index in [-0.39, 0.29) is 37.0 Å². The van der Waals surface area contributed by atoms with Gasteiger partial charge in [-0.1, -0.05) is 91.9 Å². The maximum absolute atomic E-state index is 15.2. The molecule has 4 fully saturated rings. The number of aliphatic hydroxyl groups excluding tert-OH is 13. The monoisotopic (exact) mass is 1410 g/mol. The summed E-state index contributed by atoms with van der Waals surface area (Å²) in [6.45, 7) is -3.36. The number of hydrogen-bond donors (Lipinski definition) is 22. The lowest BCUT2D eigenvalue weighted by molar-refractivity contribution is -0.353. The van der Waals surface area contributed by atoms with Crippen LogP contribution in [0, 0.1) is 0 Å². The summed E-state index contributed by atoms with van der Waals surface area (Å²) in [4.78, 5) is 96.5. The molecule has 0 aliphatic carbocycles. The van der Waals surface area contributed by atoms with Crippen molar-refractivity contribution >= 4 is 53.4 Å². The zero-order valence-corrected chi connectivity index (χ0v) is 53.7. The first-order chi connectivity index (χ1) is 47.8. The van der Waals surface area contributed by atoms with E-state index in [1.165, 1.54) is 24.3 Å². The van der Waals surface area contributed by atoms with E-state index in [0.717, 1.165) is 10.5 Å². The number of rotatable bonds is 21. The zero-order valence-electron chi connectivity index (χ0n) is 53.7. The van der Waals surface area contributed by atoms with Crippen molar-refractivity contribution < 1.29 is 124 Å². The highest BCUT2D eigenvalue weighted by Crippen LogP contribution is 2.33. The standard InChI is InChI=1S/C63H86N12O25/c1-27(30-12-6-3-7-13-30)40-56(92)69-32(19-29-14-16-31(17-15-29)96-60-52(89)49(86)53(37(25-78)98-60)100-61-51(88)48(85)46(83)38(99-61)26-95-18-8-11-28-9-4-2-5-10-28)55(91)73-41(43(80)33-20-67-62(64)71-33)58(94)74-42(57(93)70-34(23-76)54(90)66-22-39(79)72-40)44(81)35-21-68-63(65)75(35)59-50(87)47(84)45(82)36(24-77)97-59/h2-17,27,32-38,40-53,59-61,76-78,80-89H,18-26H2,1H3,(H2,65,68)(H,66,90)(H,69,92)(H,70,93)(H,72,79)(H,73,91)(H,74,94)(H3,64,67,71)/b11-8+. The molecule has 25 unspecified atom stereocenters. The van der Waals surface area contributed by atoms with Crippen molar-refractivity contribution in [1.29, 1.82) is 0 Å². The number of nitrogens with zero attached hydrogens (tertiary/aromatic N) is 3. The fraction of sp³-hybridized carbons (Fsp3) is 0.556. The number of nitrogens with two attached hydrogens (primary N) is 2. The van der Waals surface area contributed by atoms with Crippen LogP contribution in [-0.4, -0.2) is 318 Å². The number of benzene rings is 3. The lowest BCUT2D eigenvalue weighted by Crippen LogP contribution is -2.70. The van der Waals surface area contributed by atoms with Crippen LogP contribution in [0.4, 0.5) is 0 Å². The normalized spacial score (nSPS) is 35.3. The maximum Gasteiger partial charge on any atom is 0.246 e. The van der Waals surface area contributed by atoms with Crippen molar-refractivity contribution in [3.05, 3.63) is 108 Å². The molecule has 37 nitrogen and oxygen atoms in total. The first kappa shape index (κ1) is 76.0. The second kappa shape index (κ2) is 34.5. The summed E-state index contributed by atoms with van der Waals surface area (Å²) < 4.78 is 34.8. The van der Waals surface area contributed by atoms with Crippen LogP contribution in [0.25, 0.3) is 6.08 Å². The Morgan fingerprint density at radius 2 is 1.19 bits per heavy atom. The third-order valence-electron chi connectivity index (χ3n) is 17.9. The number of carbonyl (C=O) groups is 6. The summed E-state index contributed by atoms with van der Waals surface area (Å²) in [6, 6.07) is 10.2. The van der Waals surface area contributed by atoms with Gasteiger partial charge < -0.3 is 148 Å². The van der Waals surface area contributed by atoms with Crippen molar-refractivity contribution in [1.82, 2.24) is 42.1 Å². The Morgan fingerprint density at radius 3 is 1.85 bits per heavy atom. The first-order valence-corrected chi connectivity index (χ1v) is 32.1. The topological polar surface area (TPSA) is 585 Å². The van der Waals surface area contributed by atoms with Gasteiger partial charge in [0.15, 0.2) is 24.4 Å². The van der Waals surface area contributed by atoms with Gasteiger partial charge in [0.05, 0.1) is 64.8 Å². The van der Waals surface area contributed by atoms with Gasteiger partial charge in [0.2, 0.25) is 41.7 Å². The summed E-state index contributed by atoms with van der Waals surface area (Å²) >= 11 is 0. The molecule has 37 heteroatoms. The van der Waals surface area contributed by atoms with Gasteiger partial charge in [-0.2, -0.15) is 0 Å². The van der Waals surface area contributed by atoms with E-state index in [0.29, 0.717) is 5.56 Å². The predicted molar refractivity (Wildman–Crippen MR) is 342 cm³/mol. The van der Waals surface area contributed by atoms with E-state index in [1.807, 2.05) is 30.3 Å².